The Morgan fingerprint density at radius 3 is 2.80 bits per heavy atom. The molecule has 0 spiro atoms. The lowest BCUT2D eigenvalue weighted by Crippen LogP contribution is -2.39. The molecule has 1 aliphatic rings. The summed E-state index contributed by atoms with van der Waals surface area (Å²) in [6.07, 6.45) is 0. The van der Waals surface area contributed by atoms with Crippen molar-refractivity contribution in [2.75, 3.05) is 25.6 Å². The maximum atomic E-state index is 12.2. The highest BCUT2D eigenvalue weighted by atomic mass is 35.5. The van der Waals surface area contributed by atoms with E-state index in [1.807, 2.05) is 0 Å². The summed E-state index contributed by atoms with van der Waals surface area (Å²) >= 11 is 5.86. The molecule has 2 amide bonds. The fraction of sp³-hybridized carbons (Fsp3) is 0.385. The minimum Gasteiger partial charge on any atom is -0.379 e. The van der Waals surface area contributed by atoms with E-state index in [-0.39, 0.29) is 28.5 Å². The van der Waals surface area contributed by atoms with Gasteiger partial charge in [-0.3, -0.25) is 9.59 Å². The maximum Gasteiger partial charge on any atom is 0.250 e. The van der Waals surface area contributed by atoms with Crippen molar-refractivity contribution in [1.82, 2.24) is 5.32 Å². The zero-order chi connectivity index (χ0) is 14.7. The van der Waals surface area contributed by atoms with E-state index in [2.05, 4.69) is 10.6 Å². The van der Waals surface area contributed by atoms with E-state index in [1.54, 1.807) is 13.1 Å². The Labute approximate surface area is 121 Å². The Morgan fingerprint density at radius 1 is 1.40 bits per heavy atom. The third-order valence-electron chi connectivity index (χ3n) is 3.29. The van der Waals surface area contributed by atoms with Gasteiger partial charge in [-0.25, -0.2) is 0 Å². The molecule has 0 aromatic heterocycles. The van der Waals surface area contributed by atoms with Gasteiger partial charge in [0.25, 0.3) is 0 Å². The van der Waals surface area contributed by atoms with Gasteiger partial charge < -0.3 is 21.1 Å². The molecule has 20 heavy (non-hydrogen) atoms. The number of carbonyl (C=O) groups excluding carboxylic acids is 2. The molecule has 0 saturated carbocycles. The lowest BCUT2D eigenvalue weighted by Gasteiger charge is -2.16. The molecule has 7 heteroatoms. The Kier molecular flexibility index (Phi) is 4.59. The lowest BCUT2D eigenvalue weighted by atomic mass is 10.0. The second-order valence-electron chi connectivity index (χ2n) is 4.59. The van der Waals surface area contributed by atoms with Gasteiger partial charge in [-0.1, -0.05) is 11.6 Å². The fourth-order valence-corrected chi connectivity index (χ4v) is 2.33. The third-order valence-corrected chi connectivity index (χ3v) is 3.62. The molecule has 2 atom stereocenters. The SMILES string of the molecule is CNC1COCC1C(=O)Nc1ccc(Cl)c(C(N)=O)c1. The number of likely N-dealkylation sites (N-methyl/N-ethyl adjacent to an activating group) is 1. The van der Waals surface area contributed by atoms with Crippen LogP contribution in [0.2, 0.25) is 5.02 Å². The van der Waals surface area contributed by atoms with Crippen LogP contribution in [-0.4, -0.2) is 38.1 Å². The minimum atomic E-state index is -0.636. The molecule has 6 nitrogen and oxygen atoms in total. The van der Waals surface area contributed by atoms with Gasteiger partial charge in [0.05, 0.1) is 29.7 Å². The van der Waals surface area contributed by atoms with Crippen LogP contribution in [0.4, 0.5) is 5.69 Å². The zero-order valence-corrected chi connectivity index (χ0v) is 11.7. The Hall–Kier alpha value is -1.63. The van der Waals surface area contributed by atoms with E-state index >= 15 is 0 Å². The van der Waals surface area contributed by atoms with Crippen LogP contribution >= 0.6 is 11.6 Å². The number of nitrogens with one attached hydrogen (secondary N) is 2. The Morgan fingerprint density at radius 2 is 2.15 bits per heavy atom. The van der Waals surface area contributed by atoms with Crippen molar-refractivity contribution < 1.29 is 14.3 Å². The van der Waals surface area contributed by atoms with E-state index < -0.39 is 5.91 Å². The Balaban J connectivity index is 2.12. The van der Waals surface area contributed by atoms with Gasteiger partial charge in [0.2, 0.25) is 11.8 Å². The van der Waals surface area contributed by atoms with E-state index in [9.17, 15) is 9.59 Å². The molecule has 1 aromatic carbocycles. The largest absolute Gasteiger partial charge is 0.379 e. The highest BCUT2D eigenvalue weighted by molar-refractivity contribution is 6.34. The normalized spacial score (nSPS) is 21.7. The van der Waals surface area contributed by atoms with Gasteiger partial charge in [-0.15, -0.1) is 0 Å². The van der Waals surface area contributed by atoms with E-state index in [0.29, 0.717) is 18.9 Å². The number of hydrogen-bond donors (Lipinski definition) is 3. The van der Waals surface area contributed by atoms with Crippen molar-refractivity contribution >= 4 is 29.1 Å². The number of anilines is 1. The van der Waals surface area contributed by atoms with Crippen molar-refractivity contribution in [2.24, 2.45) is 11.7 Å². The van der Waals surface area contributed by atoms with Gasteiger partial charge in [-0.2, -0.15) is 0 Å². The summed E-state index contributed by atoms with van der Waals surface area (Å²) in [7, 11) is 1.78. The molecular formula is C13H16ClN3O3. The minimum absolute atomic E-state index is 0.0158. The molecule has 1 aromatic rings. The van der Waals surface area contributed by atoms with Crippen LogP contribution in [0, 0.1) is 5.92 Å². The van der Waals surface area contributed by atoms with Crippen LogP contribution < -0.4 is 16.4 Å². The fourth-order valence-electron chi connectivity index (χ4n) is 2.12. The summed E-state index contributed by atoms with van der Waals surface area (Å²) in [5, 5.41) is 6.04. The first-order valence-corrected chi connectivity index (χ1v) is 6.56. The first-order valence-electron chi connectivity index (χ1n) is 6.18. The number of ether oxygens (including phenoxy) is 1. The molecule has 4 N–H and O–H groups in total. The Bertz CT molecular complexity index is 536. The van der Waals surface area contributed by atoms with Crippen LogP contribution in [0.5, 0.6) is 0 Å². The van der Waals surface area contributed by atoms with Gasteiger partial charge in [0, 0.05) is 11.7 Å². The summed E-state index contributed by atoms with van der Waals surface area (Å²) in [4.78, 5) is 23.4. The third kappa shape index (κ3) is 3.09. The summed E-state index contributed by atoms with van der Waals surface area (Å²) in [6.45, 7) is 0.870. The average molecular weight is 298 g/mol. The molecule has 108 valence electrons. The quantitative estimate of drug-likeness (QED) is 0.759. The topological polar surface area (TPSA) is 93.4 Å². The number of rotatable bonds is 4. The van der Waals surface area contributed by atoms with Crippen molar-refractivity contribution in [2.45, 2.75) is 6.04 Å². The van der Waals surface area contributed by atoms with Crippen molar-refractivity contribution in [3.63, 3.8) is 0 Å². The van der Waals surface area contributed by atoms with Crippen LogP contribution in [-0.2, 0) is 9.53 Å². The molecular weight excluding hydrogens is 282 g/mol. The highest BCUT2D eigenvalue weighted by Gasteiger charge is 2.33. The molecule has 1 fully saturated rings. The van der Waals surface area contributed by atoms with Crippen LogP contribution in [0.25, 0.3) is 0 Å². The molecule has 1 heterocycles. The van der Waals surface area contributed by atoms with Crippen LogP contribution in [0.1, 0.15) is 10.4 Å². The van der Waals surface area contributed by atoms with Gasteiger partial charge in [0.1, 0.15) is 0 Å². The number of nitrogens with two attached hydrogens (primary N) is 1. The smallest absolute Gasteiger partial charge is 0.250 e. The molecule has 2 rings (SSSR count). The van der Waals surface area contributed by atoms with Gasteiger partial charge >= 0.3 is 0 Å². The van der Waals surface area contributed by atoms with Crippen LogP contribution in [0.15, 0.2) is 18.2 Å². The predicted molar refractivity (Wildman–Crippen MR) is 75.8 cm³/mol. The first-order chi connectivity index (χ1) is 9.52. The average Bonchev–Trinajstić information content (AvgIpc) is 2.89. The number of amides is 2. The molecule has 1 aliphatic heterocycles. The van der Waals surface area contributed by atoms with E-state index in [0.717, 1.165) is 0 Å². The lowest BCUT2D eigenvalue weighted by molar-refractivity contribution is -0.120. The summed E-state index contributed by atoms with van der Waals surface area (Å²) in [5.41, 5.74) is 5.87. The van der Waals surface area contributed by atoms with E-state index in [1.165, 1.54) is 12.1 Å². The number of hydrogen-bond acceptors (Lipinski definition) is 4. The molecule has 0 aliphatic carbocycles. The first kappa shape index (κ1) is 14.8. The summed E-state index contributed by atoms with van der Waals surface area (Å²) in [6, 6.07) is 4.60. The molecule has 2 unspecified atom stereocenters. The summed E-state index contributed by atoms with van der Waals surface area (Å²) in [5.74, 6) is -1.07. The van der Waals surface area contributed by atoms with Gasteiger partial charge in [0.15, 0.2) is 0 Å². The zero-order valence-electron chi connectivity index (χ0n) is 11.0. The second-order valence-corrected chi connectivity index (χ2v) is 4.99. The molecule has 1 saturated heterocycles. The van der Waals surface area contributed by atoms with Crippen LogP contribution in [0.3, 0.4) is 0 Å². The monoisotopic (exact) mass is 297 g/mol. The standard InChI is InChI=1S/C13H16ClN3O3/c1-16-11-6-20-5-9(11)13(19)17-7-2-3-10(14)8(4-7)12(15)18/h2-4,9,11,16H,5-6H2,1H3,(H2,15,18)(H,17,19). The van der Waals surface area contributed by atoms with Crippen molar-refractivity contribution in [3.8, 4) is 0 Å². The van der Waals surface area contributed by atoms with Gasteiger partial charge in [-0.05, 0) is 25.2 Å². The molecule has 0 bridgehead atoms. The number of primary amides is 1. The van der Waals surface area contributed by atoms with Crippen molar-refractivity contribution in [3.05, 3.63) is 28.8 Å². The summed E-state index contributed by atoms with van der Waals surface area (Å²) < 4.78 is 5.28. The predicted octanol–water partition coefficient (Wildman–Crippen LogP) is 0.612. The van der Waals surface area contributed by atoms with E-state index in [4.69, 9.17) is 22.1 Å². The highest BCUT2D eigenvalue weighted by Crippen LogP contribution is 2.22. The number of benzene rings is 1. The van der Waals surface area contributed by atoms with Crippen molar-refractivity contribution in [1.29, 1.82) is 0 Å². The number of carbonyl (C=O) groups is 2. The molecule has 0 radical (unpaired) electrons. The maximum absolute atomic E-state index is 12.2. The second kappa shape index (κ2) is 6.21. The number of halogens is 1.